The molecule has 1 N–H and O–H groups in total. The highest BCUT2D eigenvalue weighted by molar-refractivity contribution is 7.99. The highest BCUT2D eigenvalue weighted by Crippen LogP contribution is 2.33. The Morgan fingerprint density at radius 3 is 2.77 bits per heavy atom. The van der Waals surface area contributed by atoms with Crippen molar-refractivity contribution in [2.24, 2.45) is 7.05 Å². The molecule has 0 saturated carbocycles. The van der Waals surface area contributed by atoms with Crippen LogP contribution in [-0.2, 0) is 11.8 Å². The largest absolute Gasteiger partial charge is 0.493 e. The Morgan fingerprint density at radius 2 is 2.00 bits per heavy atom. The van der Waals surface area contributed by atoms with Crippen LogP contribution in [0.25, 0.3) is 22.6 Å². The Morgan fingerprint density at radius 1 is 1.20 bits per heavy atom. The number of ether oxygens (including phenoxy) is 1. The fourth-order valence-electron chi connectivity index (χ4n) is 3.20. The molecule has 2 heterocycles. The molecular formula is C22H22N4O3S. The molecule has 2 aromatic carbocycles. The Hall–Kier alpha value is -3.26. The number of fused-ring (bicyclic) bond motifs is 1. The summed E-state index contributed by atoms with van der Waals surface area (Å²) in [7, 11) is 3.46. The minimum atomic E-state index is -0.0608. The molecule has 0 unspecified atom stereocenters. The Kier molecular flexibility index (Phi) is 5.76. The lowest BCUT2D eigenvalue weighted by Gasteiger charge is -2.13. The number of rotatable bonds is 7. The summed E-state index contributed by atoms with van der Waals surface area (Å²) < 4.78 is 13.1. The van der Waals surface area contributed by atoms with Gasteiger partial charge in [0.1, 0.15) is 0 Å². The monoisotopic (exact) mass is 422 g/mol. The van der Waals surface area contributed by atoms with Gasteiger partial charge < -0.3 is 19.0 Å². The molecule has 1 amide bonds. The molecule has 4 rings (SSSR count). The van der Waals surface area contributed by atoms with Crippen molar-refractivity contribution in [3.8, 4) is 17.3 Å². The number of benzene rings is 2. The lowest BCUT2D eigenvalue weighted by Crippen LogP contribution is -2.28. The number of amides is 1. The van der Waals surface area contributed by atoms with Gasteiger partial charge in [-0.1, -0.05) is 54.2 Å². The molecule has 7 nitrogen and oxygen atoms in total. The maximum Gasteiger partial charge on any atom is 0.230 e. The van der Waals surface area contributed by atoms with Crippen LogP contribution in [0.3, 0.4) is 0 Å². The first kappa shape index (κ1) is 20.0. The summed E-state index contributed by atoms with van der Waals surface area (Å²) >= 11 is 1.33. The lowest BCUT2D eigenvalue weighted by molar-refractivity contribution is -0.119. The zero-order chi connectivity index (χ0) is 21.1. The number of hydrogen-bond acceptors (Lipinski definition) is 6. The van der Waals surface area contributed by atoms with Gasteiger partial charge in [0, 0.05) is 12.4 Å². The van der Waals surface area contributed by atoms with Crippen molar-refractivity contribution in [1.82, 2.24) is 20.1 Å². The zero-order valence-corrected chi connectivity index (χ0v) is 17.8. The second-order valence-corrected chi connectivity index (χ2v) is 7.79. The molecule has 1 atom stereocenters. The number of nitrogens with zero attached hydrogens (tertiary/aromatic N) is 3. The van der Waals surface area contributed by atoms with Gasteiger partial charge in [0.05, 0.1) is 18.9 Å². The Bertz CT molecular complexity index is 1170. The van der Waals surface area contributed by atoms with Crippen LogP contribution in [0.2, 0.25) is 0 Å². The standard InChI is InChI=1S/C22H22N4O3S/c1-14(15-8-5-4-6-9-15)23-19(27)13-30-22-25-24-21(26(22)2)18-12-16-10-7-11-17(28-3)20(16)29-18/h4-12,14H,13H2,1-3H3,(H,23,27)/t14-/m0/s1. The maximum atomic E-state index is 12.4. The fourth-order valence-corrected chi connectivity index (χ4v) is 3.92. The van der Waals surface area contributed by atoms with Gasteiger partial charge in [0.2, 0.25) is 5.91 Å². The first-order chi connectivity index (χ1) is 14.6. The molecule has 0 spiro atoms. The number of carbonyl (C=O) groups excluding carboxylic acids is 1. The second-order valence-electron chi connectivity index (χ2n) is 6.84. The molecule has 0 fully saturated rings. The summed E-state index contributed by atoms with van der Waals surface area (Å²) in [5.41, 5.74) is 1.73. The summed E-state index contributed by atoms with van der Waals surface area (Å²) in [6, 6.07) is 17.4. The van der Waals surface area contributed by atoms with Gasteiger partial charge in [-0.2, -0.15) is 0 Å². The number of para-hydroxylation sites is 1. The second kappa shape index (κ2) is 8.62. The summed E-state index contributed by atoms with van der Waals surface area (Å²) in [6.45, 7) is 1.97. The normalized spacial score (nSPS) is 12.1. The average Bonchev–Trinajstić information content (AvgIpc) is 3.35. The predicted molar refractivity (Wildman–Crippen MR) is 116 cm³/mol. The topological polar surface area (TPSA) is 82.2 Å². The van der Waals surface area contributed by atoms with Gasteiger partial charge in [-0.15, -0.1) is 10.2 Å². The van der Waals surface area contributed by atoms with Crippen molar-refractivity contribution in [1.29, 1.82) is 0 Å². The van der Waals surface area contributed by atoms with E-state index in [-0.39, 0.29) is 17.7 Å². The van der Waals surface area contributed by atoms with Gasteiger partial charge in [0.25, 0.3) is 0 Å². The van der Waals surface area contributed by atoms with Gasteiger partial charge >= 0.3 is 0 Å². The van der Waals surface area contributed by atoms with E-state index in [1.54, 1.807) is 7.11 Å². The maximum absolute atomic E-state index is 12.4. The van der Waals surface area contributed by atoms with Gasteiger partial charge in [-0.25, -0.2) is 0 Å². The molecule has 8 heteroatoms. The van der Waals surface area contributed by atoms with Crippen LogP contribution in [0.15, 0.2) is 64.2 Å². The summed E-state index contributed by atoms with van der Waals surface area (Å²) in [5, 5.41) is 13.0. The molecule has 2 aromatic heterocycles. The summed E-state index contributed by atoms with van der Waals surface area (Å²) in [5.74, 6) is 2.04. The van der Waals surface area contributed by atoms with Gasteiger partial charge in [0.15, 0.2) is 28.1 Å². The fraction of sp³-hybridized carbons (Fsp3) is 0.227. The molecule has 30 heavy (non-hydrogen) atoms. The number of methoxy groups -OCH3 is 1. The van der Waals surface area contributed by atoms with Crippen LogP contribution in [0, 0.1) is 0 Å². The average molecular weight is 423 g/mol. The lowest BCUT2D eigenvalue weighted by atomic mass is 10.1. The summed E-state index contributed by atoms with van der Waals surface area (Å²) in [6.07, 6.45) is 0. The van der Waals surface area contributed by atoms with Crippen LogP contribution < -0.4 is 10.1 Å². The van der Waals surface area contributed by atoms with Crippen LogP contribution in [0.4, 0.5) is 0 Å². The van der Waals surface area contributed by atoms with E-state index in [0.717, 1.165) is 10.9 Å². The van der Waals surface area contributed by atoms with E-state index in [9.17, 15) is 4.79 Å². The number of nitrogens with one attached hydrogen (secondary N) is 1. The Balaban J connectivity index is 1.44. The summed E-state index contributed by atoms with van der Waals surface area (Å²) in [4.78, 5) is 12.4. The minimum absolute atomic E-state index is 0.0557. The number of hydrogen-bond donors (Lipinski definition) is 1. The Labute approximate surface area is 178 Å². The smallest absolute Gasteiger partial charge is 0.230 e. The van der Waals surface area contributed by atoms with Crippen LogP contribution in [0.1, 0.15) is 18.5 Å². The van der Waals surface area contributed by atoms with Crippen LogP contribution in [-0.4, -0.2) is 33.5 Å². The molecule has 0 aliphatic rings. The molecule has 0 aliphatic carbocycles. The van der Waals surface area contributed by atoms with E-state index >= 15 is 0 Å². The third-order valence-corrected chi connectivity index (χ3v) is 5.81. The number of aromatic nitrogens is 3. The first-order valence-electron chi connectivity index (χ1n) is 9.50. The van der Waals surface area contributed by atoms with Crippen LogP contribution >= 0.6 is 11.8 Å². The molecule has 154 valence electrons. The number of furan rings is 1. The van der Waals surface area contributed by atoms with Gasteiger partial charge in [-0.3, -0.25) is 4.79 Å². The highest BCUT2D eigenvalue weighted by atomic mass is 32.2. The number of thioether (sulfide) groups is 1. The van der Waals surface area contributed by atoms with E-state index in [2.05, 4.69) is 15.5 Å². The minimum Gasteiger partial charge on any atom is -0.493 e. The van der Waals surface area contributed by atoms with Crippen molar-refractivity contribution < 1.29 is 13.9 Å². The SMILES string of the molecule is COc1cccc2cc(-c3nnc(SCC(=O)N[C@@H](C)c4ccccc4)n3C)oc12. The first-order valence-corrected chi connectivity index (χ1v) is 10.5. The molecule has 0 aliphatic heterocycles. The third-order valence-electron chi connectivity index (χ3n) is 4.79. The van der Waals surface area contributed by atoms with Gasteiger partial charge in [-0.05, 0) is 24.6 Å². The number of carbonyl (C=O) groups is 1. The molecular weight excluding hydrogens is 400 g/mol. The quantitative estimate of drug-likeness (QED) is 0.450. The van der Waals surface area contributed by atoms with E-state index in [1.165, 1.54) is 11.8 Å². The van der Waals surface area contributed by atoms with Crippen molar-refractivity contribution in [2.75, 3.05) is 12.9 Å². The zero-order valence-electron chi connectivity index (χ0n) is 17.0. The van der Waals surface area contributed by atoms with E-state index in [4.69, 9.17) is 9.15 Å². The van der Waals surface area contributed by atoms with Crippen molar-refractivity contribution in [3.63, 3.8) is 0 Å². The highest BCUT2D eigenvalue weighted by Gasteiger charge is 2.18. The molecule has 0 bridgehead atoms. The molecule has 4 aromatic rings. The third kappa shape index (κ3) is 4.04. The van der Waals surface area contributed by atoms with E-state index in [0.29, 0.717) is 28.1 Å². The molecule has 0 saturated heterocycles. The van der Waals surface area contributed by atoms with Crippen LogP contribution in [0.5, 0.6) is 5.75 Å². The van der Waals surface area contributed by atoms with Crippen molar-refractivity contribution in [3.05, 3.63) is 60.2 Å². The van der Waals surface area contributed by atoms with E-state index in [1.807, 2.05) is 73.1 Å². The van der Waals surface area contributed by atoms with Crippen molar-refractivity contribution >= 4 is 28.6 Å². The van der Waals surface area contributed by atoms with E-state index < -0.39 is 0 Å². The predicted octanol–water partition coefficient (Wildman–Crippen LogP) is 4.21. The molecule has 0 radical (unpaired) electrons. The van der Waals surface area contributed by atoms with Crippen molar-refractivity contribution in [2.45, 2.75) is 18.1 Å².